The van der Waals surface area contributed by atoms with Crippen LogP contribution in [0.2, 0.25) is 5.02 Å². The molecule has 2 heterocycles. The van der Waals surface area contributed by atoms with Gasteiger partial charge in [-0.2, -0.15) is 0 Å². The maximum absolute atomic E-state index is 13.7. The fourth-order valence-corrected chi connectivity index (χ4v) is 5.53. The van der Waals surface area contributed by atoms with E-state index in [0.717, 1.165) is 27.7 Å². The minimum atomic E-state index is -1.53. The molecule has 0 spiro atoms. The van der Waals surface area contributed by atoms with Crippen LogP contribution in [0.5, 0.6) is 0 Å². The lowest BCUT2D eigenvalue weighted by Crippen LogP contribution is -2.45. The van der Waals surface area contributed by atoms with Gasteiger partial charge in [0, 0.05) is 50.4 Å². The average molecular weight is 617 g/mol. The highest BCUT2D eigenvalue weighted by molar-refractivity contribution is 6.30. The van der Waals surface area contributed by atoms with Crippen LogP contribution in [-0.2, 0) is 42.9 Å². The zero-order chi connectivity index (χ0) is 31.6. The average Bonchev–Trinajstić information content (AvgIpc) is 3.30. The summed E-state index contributed by atoms with van der Waals surface area (Å²) in [5.74, 6) is -2.93. The molecule has 0 bridgehead atoms. The Morgan fingerprint density at radius 1 is 0.953 bits per heavy atom. The molecule has 0 saturated carbocycles. The first-order valence-corrected chi connectivity index (χ1v) is 13.9. The van der Waals surface area contributed by atoms with Gasteiger partial charge >= 0.3 is 23.9 Å². The summed E-state index contributed by atoms with van der Waals surface area (Å²) in [6, 6.07) is 6.10. The molecule has 0 amide bonds. The maximum atomic E-state index is 13.7. The summed E-state index contributed by atoms with van der Waals surface area (Å²) in [4.78, 5) is 62.2. The second kappa shape index (κ2) is 12.5. The molecule has 4 rings (SSSR count). The molecule has 43 heavy (non-hydrogen) atoms. The predicted octanol–water partition coefficient (Wildman–Crippen LogP) is 3.62. The highest BCUT2D eigenvalue weighted by atomic mass is 35.5. The van der Waals surface area contributed by atoms with E-state index in [4.69, 9.17) is 30.5 Å². The summed E-state index contributed by atoms with van der Waals surface area (Å²) in [6.07, 6.45) is -3.61. The number of ketones is 1. The van der Waals surface area contributed by atoms with E-state index in [1.54, 1.807) is 28.8 Å². The first-order chi connectivity index (χ1) is 20.2. The van der Waals surface area contributed by atoms with Gasteiger partial charge in [-0.1, -0.05) is 37.6 Å². The van der Waals surface area contributed by atoms with E-state index >= 15 is 0 Å². The van der Waals surface area contributed by atoms with Crippen molar-refractivity contribution < 1.29 is 42.9 Å². The van der Waals surface area contributed by atoms with E-state index in [2.05, 4.69) is 15.5 Å². The number of Topliss-reactive ketones (excluding diaryl/α,β-unsaturated/α-hetero) is 1. The number of carbonyl (C=O) groups excluding carboxylic acids is 5. The summed E-state index contributed by atoms with van der Waals surface area (Å²) < 4.78 is 23.3. The number of nitrogens with one attached hydrogen (secondary N) is 1. The Kier molecular flexibility index (Phi) is 9.24. The van der Waals surface area contributed by atoms with E-state index in [-0.39, 0.29) is 29.4 Å². The quantitative estimate of drug-likeness (QED) is 0.322. The first kappa shape index (κ1) is 31.7. The third kappa shape index (κ3) is 7.22. The molecule has 14 heteroatoms. The molecule has 0 radical (unpaired) electrons. The molecule has 4 atom stereocenters. The zero-order valence-corrected chi connectivity index (χ0v) is 25.4. The van der Waals surface area contributed by atoms with Gasteiger partial charge in [0.05, 0.1) is 6.04 Å². The smallest absolute Gasteiger partial charge is 0.303 e. The fourth-order valence-electron chi connectivity index (χ4n) is 5.40. The van der Waals surface area contributed by atoms with Crippen molar-refractivity contribution in [2.75, 3.05) is 11.9 Å². The number of nitrogens with zero attached hydrogens (tertiary/aromatic N) is 3. The van der Waals surface area contributed by atoms with Crippen LogP contribution in [0.1, 0.15) is 77.9 Å². The third-order valence-corrected chi connectivity index (χ3v) is 7.16. The predicted molar refractivity (Wildman–Crippen MR) is 151 cm³/mol. The molecule has 2 aliphatic rings. The maximum Gasteiger partial charge on any atom is 0.303 e. The Balaban J connectivity index is 1.93. The molecule has 0 saturated heterocycles. The van der Waals surface area contributed by atoms with Gasteiger partial charge in [-0.3, -0.25) is 28.5 Å². The van der Waals surface area contributed by atoms with Gasteiger partial charge in [-0.15, -0.1) is 10.2 Å². The normalized spacial score (nSPS) is 19.1. The first-order valence-electron chi connectivity index (χ1n) is 13.6. The number of aromatic nitrogens is 3. The fraction of sp³-hybridized carbons (Fsp3) is 0.483. The van der Waals surface area contributed by atoms with Crippen molar-refractivity contribution in [3.8, 4) is 0 Å². The number of halogens is 1. The lowest BCUT2D eigenvalue weighted by molar-refractivity contribution is -0.190. The van der Waals surface area contributed by atoms with Crippen molar-refractivity contribution in [2.45, 2.75) is 78.7 Å². The van der Waals surface area contributed by atoms with Gasteiger partial charge in [0.1, 0.15) is 6.61 Å². The largest absolute Gasteiger partial charge is 0.462 e. The van der Waals surface area contributed by atoms with Crippen LogP contribution in [0.15, 0.2) is 35.5 Å². The molecule has 1 aliphatic heterocycles. The van der Waals surface area contributed by atoms with Crippen LogP contribution in [-0.4, -0.2) is 63.2 Å². The molecule has 1 aromatic carbocycles. The van der Waals surface area contributed by atoms with Crippen LogP contribution in [0.4, 0.5) is 5.95 Å². The minimum absolute atomic E-state index is 0.0203. The molecule has 1 unspecified atom stereocenters. The topological polar surface area (TPSA) is 165 Å². The molecule has 0 fully saturated rings. The van der Waals surface area contributed by atoms with Gasteiger partial charge in [0.25, 0.3) is 0 Å². The minimum Gasteiger partial charge on any atom is -0.462 e. The highest BCUT2D eigenvalue weighted by Gasteiger charge is 2.47. The van der Waals surface area contributed by atoms with E-state index in [1.807, 2.05) is 13.8 Å². The van der Waals surface area contributed by atoms with Crippen LogP contribution in [0.3, 0.4) is 0 Å². The number of rotatable bonds is 9. The Bertz CT molecular complexity index is 1480. The Morgan fingerprint density at radius 3 is 2.16 bits per heavy atom. The van der Waals surface area contributed by atoms with Crippen molar-refractivity contribution in [3.63, 3.8) is 0 Å². The second-order valence-electron chi connectivity index (χ2n) is 11.2. The number of carbonyl (C=O) groups is 5. The molecule has 2 aromatic rings. The number of anilines is 1. The van der Waals surface area contributed by atoms with Crippen molar-refractivity contribution >= 4 is 47.2 Å². The van der Waals surface area contributed by atoms with Crippen molar-refractivity contribution in [2.24, 2.45) is 5.41 Å². The molecule has 1 N–H and O–H groups in total. The highest BCUT2D eigenvalue weighted by Crippen LogP contribution is 2.47. The molecule has 13 nitrogen and oxygen atoms in total. The van der Waals surface area contributed by atoms with Gasteiger partial charge in [-0.05, 0) is 29.5 Å². The number of fused-ring (bicyclic) bond motifs is 1. The number of hydrogen-bond donors (Lipinski definition) is 1. The van der Waals surface area contributed by atoms with Crippen molar-refractivity contribution in [1.82, 2.24) is 14.8 Å². The lowest BCUT2D eigenvalue weighted by atomic mass is 9.73. The summed E-state index contributed by atoms with van der Waals surface area (Å²) in [6.45, 7) is 8.00. The van der Waals surface area contributed by atoms with E-state index < -0.39 is 54.8 Å². The zero-order valence-electron chi connectivity index (χ0n) is 24.6. The molecular weight excluding hydrogens is 584 g/mol. The van der Waals surface area contributed by atoms with Crippen LogP contribution in [0, 0.1) is 5.41 Å². The van der Waals surface area contributed by atoms with Gasteiger partial charge in [0.2, 0.25) is 12.1 Å². The van der Waals surface area contributed by atoms with Gasteiger partial charge in [-0.25, -0.2) is 0 Å². The Labute approximate surface area is 252 Å². The monoisotopic (exact) mass is 616 g/mol. The van der Waals surface area contributed by atoms with E-state index in [9.17, 15) is 24.0 Å². The summed E-state index contributed by atoms with van der Waals surface area (Å²) in [5.41, 5.74) is 1.50. The molecule has 1 aromatic heterocycles. The number of ether oxygens (including phenoxy) is 4. The van der Waals surface area contributed by atoms with Gasteiger partial charge in [0.15, 0.2) is 23.8 Å². The Hall–Kier alpha value is -4.26. The molecule has 230 valence electrons. The van der Waals surface area contributed by atoms with Crippen LogP contribution in [0.25, 0.3) is 0 Å². The van der Waals surface area contributed by atoms with Crippen molar-refractivity contribution in [3.05, 3.63) is 51.9 Å². The van der Waals surface area contributed by atoms with Crippen LogP contribution < -0.4 is 5.32 Å². The Morgan fingerprint density at radius 2 is 1.58 bits per heavy atom. The SMILES string of the molecule is CC(=O)OC[C@@H](OC(C)=O)[C@@H](OC(C)=O)[C@@H](OC(C)=O)c1nnc2n1C(c1ccc(Cl)cc1)C1=C(CC(C)(C)CC1=O)N2. The number of hydrogen-bond acceptors (Lipinski definition) is 12. The lowest BCUT2D eigenvalue weighted by Gasteiger charge is -2.40. The van der Waals surface area contributed by atoms with Crippen LogP contribution >= 0.6 is 11.6 Å². The number of allylic oxidation sites excluding steroid dienone is 2. The summed E-state index contributed by atoms with van der Waals surface area (Å²) >= 11 is 6.18. The second-order valence-corrected chi connectivity index (χ2v) is 11.7. The van der Waals surface area contributed by atoms with E-state index in [0.29, 0.717) is 28.3 Å². The molecule has 1 aliphatic carbocycles. The summed E-state index contributed by atoms with van der Waals surface area (Å²) in [7, 11) is 0. The number of benzene rings is 1. The van der Waals surface area contributed by atoms with Gasteiger partial charge < -0.3 is 24.3 Å². The van der Waals surface area contributed by atoms with Crippen molar-refractivity contribution in [1.29, 1.82) is 0 Å². The molecular formula is C29H33ClN4O9. The number of esters is 4. The summed E-state index contributed by atoms with van der Waals surface area (Å²) in [5, 5.41) is 12.3. The standard InChI is InChI=1S/C29H33ClN4O9/c1-14(35)40-13-22(41-15(2)36)25(42-16(3)37)26(43-17(4)38)27-32-33-28-31-20-11-29(5,6)12-21(39)23(20)24(34(27)28)18-7-9-19(30)10-8-18/h7-10,22,24-26H,11-13H2,1-6H3,(H,31,33)/t22-,24?,25-,26-/m1/s1. The third-order valence-electron chi connectivity index (χ3n) is 6.90. The van der Waals surface area contributed by atoms with E-state index in [1.165, 1.54) is 0 Å².